The van der Waals surface area contributed by atoms with Crippen molar-refractivity contribution in [1.29, 1.82) is 0 Å². The fourth-order valence-electron chi connectivity index (χ4n) is 8.54. The molecular weight excluding hydrogens is 769 g/mol. The molecule has 0 saturated heterocycles. The van der Waals surface area contributed by atoms with Gasteiger partial charge in [-0.25, -0.2) is 0 Å². The smallest absolute Gasteiger partial charge is 0.306 e. The van der Waals surface area contributed by atoms with Crippen molar-refractivity contribution in [2.75, 3.05) is 13.2 Å². The number of ether oxygens (including phenoxy) is 3. The van der Waals surface area contributed by atoms with E-state index in [0.29, 0.717) is 19.3 Å². The molecule has 368 valence electrons. The Morgan fingerprint density at radius 3 is 0.839 bits per heavy atom. The lowest BCUT2D eigenvalue weighted by atomic mass is 9.99. The van der Waals surface area contributed by atoms with Crippen LogP contribution in [-0.2, 0) is 28.6 Å². The van der Waals surface area contributed by atoms with Crippen LogP contribution in [0.2, 0.25) is 0 Å². The maximum Gasteiger partial charge on any atom is 0.306 e. The summed E-state index contributed by atoms with van der Waals surface area (Å²) in [6.45, 7) is 9.05. The van der Waals surface area contributed by atoms with Gasteiger partial charge in [-0.15, -0.1) is 0 Å². The fraction of sp³-hybridized carbons (Fsp3) is 0.946. The van der Waals surface area contributed by atoms with E-state index in [9.17, 15) is 14.4 Å². The van der Waals surface area contributed by atoms with Gasteiger partial charge in [0.25, 0.3) is 0 Å². The first-order valence-corrected chi connectivity index (χ1v) is 27.9. The number of hydrogen-bond acceptors (Lipinski definition) is 6. The molecule has 0 N–H and O–H groups in total. The molecular formula is C56H108O6. The zero-order valence-electron chi connectivity index (χ0n) is 42.3. The molecule has 0 aliphatic carbocycles. The number of unbranched alkanes of at least 4 members (excludes halogenated alkanes) is 37. The van der Waals surface area contributed by atoms with Crippen LogP contribution in [0.5, 0.6) is 0 Å². The third-order valence-corrected chi connectivity index (χ3v) is 13.2. The molecule has 2 atom stereocenters. The lowest BCUT2D eigenvalue weighted by molar-refractivity contribution is -0.167. The van der Waals surface area contributed by atoms with Gasteiger partial charge in [-0.2, -0.15) is 0 Å². The van der Waals surface area contributed by atoms with Gasteiger partial charge in [-0.3, -0.25) is 14.4 Å². The summed E-state index contributed by atoms with van der Waals surface area (Å²) in [5.41, 5.74) is 0. The molecule has 0 aromatic rings. The SMILES string of the molecule is CCCCCCCCCCCCCCCCCCCCC(=O)O[C@@H](COC(=O)CCCCCCCCCCCCCCCC)COC(=O)CCCCCCCCCCC(C)CC. The quantitative estimate of drug-likeness (QED) is 0.0344. The molecule has 0 amide bonds. The fourth-order valence-corrected chi connectivity index (χ4v) is 8.54. The predicted octanol–water partition coefficient (Wildman–Crippen LogP) is 18.2. The van der Waals surface area contributed by atoms with E-state index in [1.807, 2.05) is 0 Å². The van der Waals surface area contributed by atoms with E-state index in [4.69, 9.17) is 14.2 Å². The largest absolute Gasteiger partial charge is 0.462 e. The summed E-state index contributed by atoms with van der Waals surface area (Å²) >= 11 is 0. The summed E-state index contributed by atoms with van der Waals surface area (Å²) in [5, 5.41) is 0. The van der Waals surface area contributed by atoms with E-state index < -0.39 is 6.10 Å². The molecule has 0 fully saturated rings. The highest BCUT2D eigenvalue weighted by Crippen LogP contribution is 2.18. The molecule has 0 aliphatic rings. The van der Waals surface area contributed by atoms with Crippen LogP contribution in [0.25, 0.3) is 0 Å². The number of rotatable bonds is 51. The molecule has 6 nitrogen and oxygen atoms in total. The number of hydrogen-bond donors (Lipinski definition) is 0. The number of esters is 3. The molecule has 1 unspecified atom stereocenters. The zero-order chi connectivity index (χ0) is 45.2. The Kier molecular flexibility index (Phi) is 49.1. The minimum absolute atomic E-state index is 0.0626. The highest BCUT2D eigenvalue weighted by Gasteiger charge is 2.19. The predicted molar refractivity (Wildman–Crippen MR) is 266 cm³/mol. The van der Waals surface area contributed by atoms with Gasteiger partial charge in [-0.05, 0) is 25.2 Å². The van der Waals surface area contributed by atoms with Crippen LogP contribution >= 0.6 is 0 Å². The maximum atomic E-state index is 12.8. The van der Waals surface area contributed by atoms with E-state index in [1.54, 1.807) is 0 Å². The van der Waals surface area contributed by atoms with Crippen molar-refractivity contribution < 1.29 is 28.6 Å². The third kappa shape index (κ3) is 47.9. The Balaban J connectivity index is 4.29. The van der Waals surface area contributed by atoms with Crippen LogP contribution in [0.1, 0.15) is 317 Å². The van der Waals surface area contributed by atoms with E-state index >= 15 is 0 Å². The Bertz CT molecular complexity index is 935. The van der Waals surface area contributed by atoms with Gasteiger partial charge in [0.05, 0.1) is 0 Å². The highest BCUT2D eigenvalue weighted by molar-refractivity contribution is 5.71. The average Bonchev–Trinajstić information content (AvgIpc) is 3.27. The minimum Gasteiger partial charge on any atom is -0.462 e. The van der Waals surface area contributed by atoms with E-state index in [2.05, 4.69) is 27.7 Å². The molecule has 0 bridgehead atoms. The monoisotopic (exact) mass is 877 g/mol. The van der Waals surface area contributed by atoms with Gasteiger partial charge in [-0.1, -0.05) is 278 Å². The van der Waals surface area contributed by atoms with Gasteiger partial charge in [0, 0.05) is 19.3 Å². The summed E-state index contributed by atoms with van der Waals surface area (Å²) < 4.78 is 16.9. The van der Waals surface area contributed by atoms with Crippen LogP contribution in [0, 0.1) is 5.92 Å². The van der Waals surface area contributed by atoms with Crippen molar-refractivity contribution in [2.24, 2.45) is 5.92 Å². The second-order valence-electron chi connectivity index (χ2n) is 19.5. The standard InChI is InChI=1S/C56H108O6/c1-5-8-10-12-14-16-18-20-22-23-24-25-27-29-31-37-41-45-49-56(59)62-53(51-61-55(58)48-44-40-36-33-32-34-38-42-46-52(4)7-3)50-60-54(57)47-43-39-35-30-28-26-21-19-17-15-13-11-9-6-2/h52-53H,5-51H2,1-4H3/t52?,53-/m0/s1. The Morgan fingerprint density at radius 1 is 0.323 bits per heavy atom. The average molecular weight is 877 g/mol. The van der Waals surface area contributed by atoms with E-state index in [1.165, 1.54) is 212 Å². The molecule has 0 radical (unpaired) electrons. The Morgan fingerprint density at radius 2 is 0.565 bits per heavy atom. The van der Waals surface area contributed by atoms with Gasteiger partial charge in [0.1, 0.15) is 13.2 Å². The molecule has 0 aliphatic heterocycles. The molecule has 0 spiro atoms. The summed E-state index contributed by atoms with van der Waals surface area (Å²) in [7, 11) is 0. The van der Waals surface area contributed by atoms with Gasteiger partial charge < -0.3 is 14.2 Å². The first kappa shape index (κ1) is 60.4. The van der Waals surface area contributed by atoms with Crippen molar-refractivity contribution in [1.82, 2.24) is 0 Å². The lowest BCUT2D eigenvalue weighted by Gasteiger charge is -2.18. The molecule has 0 heterocycles. The van der Waals surface area contributed by atoms with Crippen molar-refractivity contribution in [2.45, 2.75) is 323 Å². The van der Waals surface area contributed by atoms with Crippen LogP contribution in [-0.4, -0.2) is 37.2 Å². The topological polar surface area (TPSA) is 78.9 Å². The number of carbonyl (C=O) groups excluding carboxylic acids is 3. The molecule has 0 rings (SSSR count). The summed E-state index contributed by atoms with van der Waals surface area (Å²) in [6.07, 6.45) is 53.7. The maximum absolute atomic E-state index is 12.8. The number of carbonyl (C=O) groups is 3. The van der Waals surface area contributed by atoms with Crippen molar-refractivity contribution in [3.05, 3.63) is 0 Å². The normalized spacial score (nSPS) is 12.4. The third-order valence-electron chi connectivity index (χ3n) is 13.2. The van der Waals surface area contributed by atoms with Gasteiger partial charge >= 0.3 is 17.9 Å². The second-order valence-corrected chi connectivity index (χ2v) is 19.5. The van der Waals surface area contributed by atoms with Crippen molar-refractivity contribution >= 4 is 17.9 Å². The summed E-state index contributed by atoms with van der Waals surface area (Å²) in [6, 6.07) is 0. The molecule has 6 heteroatoms. The van der Waals surface area contributed by atoms with E-state index in [-0.39, 0.29) is 31.1 Å². The van der Waals surface area contributed by atoms with Crippen molar-refractivity contribution in [3.63, 3.8) is 0 Å². The van der Waals surface area contributed by atoms with Crippen LogP contribution in [0.15, 0.2) is 0 Å². The summed E-state index contributed by atoms with van der Waals surface area (Å²) in [4.78, 5) is 38.0. The van der Waals surface area contributed by atoms with Crippen LogP contribution in [0.3, 0.4) is 0 Å². The molecule has 0 aromatic heterocycles. The van der Waals surface area contributed by atoms with Gasteiger partial charge in [0.15, 0.2) is 6.10 Å². The first-order valence-electron chi connectivity index (χ1n) is 27.9. The van der Waals surface area contributed by atoms with Crippen LogP contribution < -0.4 is 0 Å². The molecule has 0 aromatic carbocycles. The lowest BCUT2D eigenvalue weighted by Crippen LogP contribution is -2.30. The van der Waals surface area contributed by atoms with Gasteiger partial charge in [0.2, 0.25) is 0 Å². The Labute approximate surface area is 387 Å². The Hall–Kier alpha value is -1.59. The summed E-state index contributed by atoms with van der Waals surface area (Å²) in [5.74, 6) is 0.00757. The van der Waals surface area contributed by atoms with E-state index in [0.717, 1.165) is 63.7 Å². The van der Waals surface area contributed by atoms with Crippen LogP contribution in [0.4, 0.5) is 0 Å². The highest BCUT2D eigenvalue weighted by atomic mass is 16.6. The van der Waals surface area contributed by atoms with Crippen molar-refractivity contribution in [3.8, 4) is 0 Å². The second kappa shape index (κ2) is 50.4. The molecule has 62 heavy (non-hydrogen) atoms. The first-order chi connectivity index (χ1) is 30.4. The molecule has 0 saturated carbocycles. The zero-order valence-corrected chi connectivity index (χ0v) is 42.3. The minimum atomic E-state index is -0.761.